The van der Waals surface area contributed by atoms with E-state index in [9.17, 15) is 9.59 Å². The van der Waals surface area contributed by atoms with Gasteiger partial charge in [-0.1, -0.05) is 50.6 Å². The first-order chi connectivity index (χ1) is 21.1. The summed E-state index contributed by atoms with van der Waals surface area (Å²) >= 11 is 0. The van der Waals surface area contributed by atoms with E-state index in [0.29, 0.717) is 18.3 Å². The van der Waals surface area contributed by atoms with Crippen LogP contribution in [0.1, 0.15) is 60.8 Å². The second-order valence-electron chi connectivity index (χ2n) is 12.8. The van der Waals surface area contributed by atoms with E-state index < -0.39 is 0 Å². The smallest absolute Gasteiger partial charge is 0.324 e. The van der Waals surface area contributed by atoms with Crippen LogP contribution in [0.5, 0.6) is 5.75 Å². The van der Waals surface area contributed by atoms with E-state index in [4.69, 9.17) is 9.84 Å². The van der Waals surface area contributed by atoms with Crippen molar-refractivity contribution in [2.24, 2.45) is 5.92 Å². The second-order valence-corrected chi connectivity index (χ2v) is 12.8. The number of carbonyl (C=O) groups excluding carboxylic acids is 2. The SMILES string of the molecule is COc1ccc(C(=O)CN2CCC(Cc3ccc(NC(=O)Nc4cc(C(C)(C)C)nn4-c4ccc(C)cc4)cc3)CC2)cc1. The molecule has 0 spiro atoms. The van der Waals surface area contributed by atoms with Crippen molar-refractivity contribution < 1.29 is 14.3 Å². The lowest BCUT2D eigenvalue weighted by atomic mass is 9.90. The molecule has 2 amide bonds. The average molecular weight is 594 g/mol. The normalized spacial score (nSPS) is 14.3. The molecule has 230 valence electrons. The van der Waals surface area contributed by atoms with Crippen molar-refractivity contribution in [2.75, 3.05) is 37.4 Å². The first-order valence-corrected chi connectivity index (χ1v) is 15.3. The summed E-state index contributed by atoms with van der Waals surface area (Å²) in [4.78, 5) is 28.0. The van der Waals surface area contributed by atoms with Crippen molar-refractivity contribution in [3.05, 3.63) is 101 Å². The number of methoxy groups -OCH3 is 1. The molecule has 0 bridgehead atoms. The lowest BCUT2D eigenvalue weighted by Gasteiger charge is -2.31. The van der Waals surface area contributed by atoms with Gasteiger partial charge in [0, 0.05) is 22.7 Å². The van der Waals surface area contributed by atoms with Gasteiger partial charge < -0.3 is 10.1 Å². The van der Waals surface area contributed by atoms with E-state index in [2.05, 4.69) is 48.4 Å². The molecule has 8 nitrogen and oxygen atoms in total. The fourth-order valence-corrected chi connectivity index (χ4v) is 5.48. The van der Waals surface area contributed by atoms with Gasteiger partial charge in [0.1, 0.15) is 11.6 Å². The zero-order valence-electron chi connectivity index (χ0n) is 26.4. The van der Waals surface area contributed by atoms with E-state index in [1.165, 1.54) is 5.56 Å². The maximum Gasteiger partial charge on any atom is 0.324 e. The number of benzene rings is 3. The number of aromatic nitrogens is 2. The summed E-state index contributed by atoms with van der Waals surface area (Å²) in [5, 5.41) is 10.8. The molecule has 5 rings (SSSR count). The fraction of sp³-hybridized carbons (Fsp3) is 0.361. The number of aryl methyl sites for hydroxylation is 1. The Balaban J connectivity index is 1.12. The van der Waals surface area contributed by atoms with Crippen molar-refractivity contribution >= 4 is 23.3 Å². The molecule has 0 unspecified atom stereocenters. The Morgan fingerprint density at radius 2 is 1.57 bits per heavy atom. The van der Waals surface area contributed by atoms with Crippen molar-refractivity contribution in [2.45, 2.75) is 52.4 Å². The van der Waals surface area contributed by atoms with E-state index in [1.807, 2.05) is 73.7 Å². The third-order valence-electron chi connectivity index (χ3n) is 8.22. The third-order valence-corrected chi connectivity index (χ3v) is 8.22. The van der Waals surface area contributed by atoms with Gasteiger partial charge in [0.05, 0.1) is 25.0 Å². The van der Waals surface area contributed by atoms with Gasteiger partial charge in [0.15, 0.2) is 5.78 Å². The molecular weight excluding hydrogens is 550 g/mol. The van der Waals surface area contributed by atoms with Gasteiger partial charge in [-0.2, -0.15) is 5.10 Å². The van der Waals surface area contributed by atoms with E-state index in [-0.39, 0.29) is 17.2 Å². The summed E-state index contributed by atoms with van der Waals surface area (Å²) in [7, 11) is 1.62. The van der Waals surface area contributed by atoms with Crippen LogP contribution < -0.4 is 15.4 Å². The van der Waals surface area contributed by atoms with Crippen LogP contribution in [-0.4, -0.2) is 53.2 Å². The van der Waals surface area contributed by atoms with Crippen LogP contribution in [0.2, 0.25) is 0 Å². The molecule has 1 fully saturated rings. The summed E-state index contributed by atoms with van der Waals surface area (Å²) < 4.78 is 6.97. The van der Waals surface area contributed by atoms with Gasteiger partial charge in [-0.05, 0) is 99.3 Å². The number of anilines is 2. The van der Waals surface area contributed by atoms with Crippen molar-refractivity contribution in [3.8, 4) is 11.4 Å². The van der Waals surface area contributed by atoms with Crippen molar-refractivity contribution in [1.29, 1.82) is 0 Å². The topological polar surface area (TPSA) is 88.5 Å². The largest absolute Gasteiger partial charge is 0.497 e. The Bertz CT molecular complexity index is 1560. The molecule has 0 radical (unpaired) electrons. The van der Waals surface area contributed by atoms with E-state index in [1.54, 1.807) is 11.8 Å². The molecule has 3 aromatic carbocycles. The monoisotopic (exact) mass is 593 g/mol. The first-order valence-electron chi connectivity index (χ1n) is 15.3. The number of hydrogen-bond donors (Lipinski definition) is 2. The number of hydrogen-bond acceptors (Lipinski definition) is 5. The van der Waals surface area contributed by atoms with E-state index in [0.717, 1.165) is 66.3 Å². The quantitative estimate of drug-likeness (QED) is 0.199. The molecule has 1 aliphatic rings. The Labute approximate surface area is 260 Å². The number of likely N-dealkylation sites (tertiary alicyclic amines) is 1. The first kappa shape index (κ1) is 31.0. The minimum atomic E-state index is -0.317. The minimum absolute atomic E-state index is 0.146. The molecule has 2 N–H and O–H groups in total. The Morgan fingerprint density at radius 1 is 0.909 bits per heavy atom. The maximum absolute atomic E-state index is 13.0. The van der Waals surface area contributed by atoms with Crippen LogP contribution in [0.4, 0.5) is 16.3 Å². The number of nitrogens with zero attached hydrogens (tertiary/aromatic N) is 3. The fourth-order valence-electron chi connectivity index (χ4n) is 5.48. The predicted octanol–water partition coefficient (Wildman–Crippen LogP) is 7.27. The number of ether oxygens (including phenoxy) is 1. The molecule has 0 saturated carbocycles. The molecule has 1 aromatic heterocycles. The summed E-state index contributed by atoms with van der Waals surface area (Å²) in [6, 6.07) is 25.1. The molecule has 1 aliphatic heterocycles. The van der Waals surface area contributed by atoms with Gasteiger partial charge in [-0.25, -0.2) is 9.48 Å². The van der Waals surface area contributed by atoms with Crippen molar-refractivity contribution in [3.63, 3.8) is 0 Å². The van der Waals surface area contributed by atoms with Crippen LogP contribution in [-0.2, 0) is 11.8 Å². The highest BCUT2D eigenvalue weighted by molar-refractivity contribution is 5.99. The lowest BCUT2D eigenvalue weighted by Crippen LogP contribution is -2.37. The van der Waals surface area contributed by atoms with Gasteiger partial charge in [-0.3, -0.25) is 15.0 Å². The maximum atomic E-state index is 13.0. The number of Topliss-reactive ketones (excluding diaryl/α,β-unsaturated/α-hetero) is 1. The number of carbonyl (C=O) groups is 2. The molecule has 1 saturated heterocycles. The number of nitrogens with one attached hydrogen (secondary N) is 2. The molecular formula is C36H43N5O3. The van der Waals surface area contributed by atoms with Crippen molar-refractivity contribution in [1.82, 2.24) is 14.7 Å². The van der Waals surface area contributed by atoms with Crippen LogP contribution >= 0.6 is 0 Å². The zero-order chi connectivity index (χ0) is 31.3. The number of urea groups is 1. The number of amides is 2. The molecule has 0 atom stereocenters. The predicted molar refractivity (Wildman–Crippen MR) is 176 cm³/mol. The summed E-state index contributed by atoms with van der Waals surface area (Å²) in [6.07, 6.45) is 3.10. The molecule has 44 heavy (non-hydrogen) atoms. The summed E-state index contributed by atoms with van der Waals surface area (Å²) in [6.45, 7) is 10.6. The summed E-state index contributed by atoms with van der Waals surface area (Å²) in [5.74, 6) is 2.09. The van der Waals surface area contributed by atoms with Gasteiger partial charge in [0.2, 0.25) is 0 Å². The third kappa shape index (κ3) is 7.94. The Kier molecular flexibility index (Phi) is 9.49. The minimum Gasteiger partial charge on any atom is -0.497 e. The van der Waals surface area contributed by atoms with Crippen LogP contribution in [0.25, 0.3) is 5.69 Å². The highest BCUT2D eigenvalue weighted by Gasteiger charge is 2.23. The number of piperidine rings is 1. The standard InChI is InChI=1S/C36H43N5O3/c1-25-6-14-30(15-7-25)41-34(23-33(39-41)36(2,3)4)38-35(43)37-29-12-8-26(9-13-29)22-27-18-20-40(21-19-27)24-32(42)28-10-16-31(44-5)17-11-28/h6-17,23,27H,18-22,24H2,1-5H3,(H2,37,38,43). The van der Waals surface area contributed by atoms with Gasteiger partial charge in [-0.15, -0.1) is 0 Å². The molecule has 4 aromatic rings. The molecule has 2 heterocycles. The summed E-state index contributed by atoms with van der Waals surface area (Å²) in [5.41, 5.74) is 5.49. The second kappa shape index (κ2) is 13.5. The van der Waals surface area contributed by atoms with Gasteiger partial charge in [0.25, 0.3) is 0 Å². The zero-order valence-corrected chi connectivity index (χ0v) is 26.4. The molecule has 0 aliphatic carbocycles. The lowest BCUT2D eigenvalue weighted by molar-refractivity contribution is 0.0895. The van der Waals surface area contributed by atoms with Gasteiger partial charge >= 0.3 is 6.03 Å². The Hall–Kier alpha value is -4.43. The number of ketones is 1. The Morgan fingerprint density at radius 3 is 2.18 bits per heavy atom. The average Bonchev–Trinajstić information content (AvgIpc) is 3.44. The van der Waals surface area contributed by atoms with Crippen LogP contribution in [0.15, 0.2) is 78.9 Å². The highest BCUT2D eigenvalue weighted by atomic mass is 16.5. The van der Waals surface area contributed by atoms with Crippen LogP contribution in [0, 0.1) is 12.8 Å². The van der Waals surface area contributed by atoms with Crippen LogP contribution in [0.3, 0.4) is 0 Å². The molecule has 8 heteroatoms. The van der Waals surface area contributed by atoms with E-state index >= 15 is 0 Å². The highest BCUT2D eigenvalue weighted by Crippen LogP contribution is 2.27. The number of rotatable bonds is 9.